The third kappa shape index (κ3) is 6.03. The van der Waals surface area contributed by atoms with E-state index in [0.717, 1.165) is 17.7 Å². The molecule has 0 fully saturated rings. The average molecular weight is 375 g/mol. The van der Waals surface area contributed by atoms with Gasteiger partial charge in [0, 0.05) is 24.5 Å². The third-order valence-corrected chi connectivity index (χ3v) is 3.57. The molecule has 2 N–H and O–H groups in total. The van der Waals surface area contributed by atoms with Crippen LogP contribution < -0.4 is 10.6 Å². The van der Waals surface area contributed by atoms with Gasteiger partial charge in [0.25, 0.3) is 0 Å². The number of hydrogen-bond donors (Lipinski definition) is 2. The van der Waals surface area contributed by atoms with Gasteiger partial charge in [0.15, 0.2) is 0 Å². The second-order valence-corrected chi connectivity index (χ2v) is 5.73. The van der Waals surface area contributed by atoms with Crippen LogP contribution in [0, 0.1) is 5.82 Å². The van der Waals surface area contributed by atoms with E-state index in [-0.39, 0.29) is 29.5 Å². The maximum Gasteiger partial charge on any atom is 0.418 e. The number of amides is 1. The number of alkyl halides is 3. The van der Waals surface area contributed by atoms with Gasteiger partial charge in [-0.15, -0.1) is 0 Å². The lowest BCUT2D eigenvalue weighted by Gasteiger charge is -2.14. The zero-order chi connectivity index (χ0) is 18.4. The van der Waals surface area contributed by atoms with Crippen molar-refractivity contribution in [1.82, 2.24) is 5.32 Å². The van der Waals surface area contributed by atoms with Gasteiger partial charge in [-0.1, -0.05) is 23.7 Å². The molecule has 0 radical (unpaired) electrons. The zero-order valence-corrected chi connectivity index (χ0v) is 13.7. The number of carbonyl (C=O) groups excluding carboxylic acids is 1. The van der Waals surface area contributed by atoms with Crippen LogP contribution in [0.15, 0.2) is 42.5 Å². The Kier molecular flexibility index (Phi) is 6.39. The highest BCUT2D eigenvalue weighted by Gasteiger charge is 2.34. The molecule has 2 rings (SSSR count). The lowest BCUT2D eigenvalue weighted by molar-refractivity contribution is -0.137. The van der Waals surface area contributed by atoms with Crippen LogP contribution in [-0.2, 0) is 17.5 Å². The lowest BCUT2D eigenvalue weighted by Crippen LogP contribution is -2.22. The molecule has 134 valence electrons. The van der Waals surface area contributed by atoms with Crippen molar-refractivity contribution in [1.29, 1.82) is 0 Å². The van der Waals surface area contributed by atoms with E-state index in [1.165, 1.54) is 18.2 Å². The number of hydrogen-bond acceptors (Lipinski definition) is 2. The quantitative estimate of drug-likeness (QED) is 0.572. The Morgan fingerprint density at radius 3 is 2.40 bits per heavy atom. The predicted molar refractivity (Wildman–Crippen MR) is 87.8 cm³/mol. The number of anilines is 1. The molecule has 25 heavy (non-hydrogen) atoms. The SMILES string of the molecule is O=C(CCNCc1ccc(F)cc1)Nc1ccc(Cl)cc1C(F)(F)F. The van der Waals surface area contributed by atoms with E-state index in [0.29, 0.717) is 6.54 Å². The Hall–Kier alpha value is -2.12. The van der Waals surface area contributed by atoms with Crippen molar-refractivity contribution < 1.29 is 22.4 Å². The van der Waals surface area contributed by atoms with Gasteiger partial charge in [-0.3, -0.25) is 4.79 Å². The standard InChI is InChI=1S/C17H15ClF4N2O/c18-12-3-6-15(14(9-12)17(20,21)22)24-16(25)7-8-23-10-11-1-4-13(19)5-2-11/h1-6,9,23H,7-8,10H2,(H,24,25). The highest BCUT2D eigenvalue weighted by molar-refractivity contribution is 6.30. The molecule has 2 aromatic carbocycles. The number of rotatable bonds is 6. The van der Waals surface area contributed by atoms with Crippen molar-refractivity contribution in [3.05, 3.63) is 64.4 Å². The van der Waals surface area contributed by atoms with Crippen LogP contribution in [0.5, 0.6) is 0 Å². The smallest absolute Gasteiger partial charge is 0.325 e. The lowest BCUT2D eigenvalue weighted by atomic mass is 10.1. The minimum atomic E-state index is -4.62. The van der Waals surface area contributed by atoms with Crippen LogP contribution in [0.25, 0.3) is 0 Å². The molecular formula is C17H15ClF4N2O. The molecule has 0 unspecified atom stereocenters. The normalized spacial score (nSPS) is 11.4. The summed E-state index contributed by atoms with van der Waals surface area (Å²) in [7, 11) is 0. The van der Waals surface area contributed by atoms with Crippen LogP contribution in [0.3, 0.4) is 0 Å². The molecule has 0 aliphatic rings. The largest absolute Gasteiger partial charge is 0.418 e. The van der Waals surface area contributed by atoms with Crippen molar-refractivity contribution >= 4 is 23.2 Å². The van der Waals surface area contributed by atoms with Gasteiger partial charge in [-0.2, -0.15) is 13.2 Å². The first-order valence-electron chi connectivity index (χ1n) is 7.37. The van der Waals surface area contributed by atoms with E-state index < -0.39 is 17.6 Å². The molecule has 0 aliphatic heterocycles. The van der Waals surface area contributed by atoms with Gasteiger partial charge in [0.1, 0.15) is 5.82 Å². The Morgan fingerprint density at radius 2 is 1.76 bits per heavy atom. The first kappa shape index (κ1) is 19.2. The van der Waals surface area contributed by atoms with Crippen molar-refractivity contribution in [2.24, 2.45) is 0 Å². The Bertz CT molecular complexity index is 732. The van der Waals surface area contributed by atoms with Crippen LogP contribution in [-0.4, -0.2) is 12.5 Å². The maximum absolute atomic E-state index is 13.0. The molecule has 0 spiro atoms. The maximum atomic E-state index is 13.0. The van der Waals surface area contributed by atoms with Crippen LogP contribution in [0.2, 0.25) is 5.02 Å². The predicted octanol–water partition coefficient (Wildman–Crippen LogP) is 4.62. The summed E-state index contributed by atoms with van der Waals surface area (Å²) >= 11 is 5.58. The fourth-order valence-corrected chi connectivity index (χ4v) is 2.28. The van der Waals surface area contributed by atoms with Gasteiger partial charge in [0.2, 0.25) is 5.91 Å². The molecular weight excluding hydrogens is 360 g/mol. The van der Waals surface area contributed by atoms with Gasteiger partial charge < -0.3 is 10.6 Å². The fourth-order valence-electron chi connectivity index (χ4n) is 2.11. The molecule has 0 aliphatic carbocycles. The molecule has 1 amide bonds. The minimum absolute atomic E-state index is 0.0128. The van der Waals surface area contributed by atoms with Gasteiger partial charge >= 0.3 is 6.18 Å². The van der Waals surface area contributed by atoms with Gasteiger partial charge in [0.05, 0.1) is 11.3 Å². The molecule has 0 atom stereocenters. The molecule has 0 bridgehead atoms. The summed E-state index contributed by atoms with van der Waals surface area (Å²) in [5.74, 6) is -0.897. The summed E-state index contributed by atoms with van der Waals surface area (Å²) in [5, 5.41) is 5.14. The molecule has 0 saturated carbocycles. The average Bonchev–Trinajstić information content (AvgIpc) is 2.54. The van der Waals surface area contributed by atoms with Crippen molar-refractivity contribution in [2.75, 3.05) is 11.9 Å². The zero-order valence-electron chi connectivity index (χ0n) is 13.0. The van der Waals surface area contributed by atoms with Crippen LogP contribution in [0.1, 0.15) is 17.5 Å². The number of benzene rings is 2. The number of carbonyl (C=O) groups is 1. The first-order chi connectivity index (χ1) is 11.8. The highest BCUT2D eigenvalue weighted by atomic mass is 35.5. The molecule has 0 saturated heterocycles. The highest BCUT2D eigenvalue weighted by Crippen LogP contribution is 2.36. The summed E-state index contributed by atoms with van der Waals surface area (Å²) in [6.07, 6.45) is -4.63. The van der Waals surface area contributed by atoms with E-state index in [1.54, 1.807) is 12.1 Å². The molecule has 0 heterocycles. The first-order valence-corrected chi connectivity index (χ1v) is 7.75. The van der Waals surface area contributed by atoms with E-state index >= 15 is 0 Å². The number of halogens is 5. The molecule has 8 heteroatoms. The second-order valence-electron chi connectivity index (χ2n) is 5.29. The number of nitrogens with one attached hydrogen (secondary N) is 2. The molecule has 2 aromatic rings. The Morgan fingerprint density at radius 1 is 1.08 bits per heavy atom. The van der Waals surface area contributed by atoms with Crippen LogP contribution >= 0.6 is 11.6 Å². The van der Waals surface area contributed by atoms with Gasteiger partial charge in [-0.25, -0.2) is 4.39 Å². The van der Waals surface area contributed by atoms with E-state index in [9.17, 15) is 22.4 Å². The topological polar surface area (TPSA) is 41.1 Å². The summed E-state index contributed by atoms with van der Waals surface area (Å²) in [6, 6.07) is 9.02. The van der Waals surface area contributed by atoms with Crippen LogP contribution in [0.4, 0.5) is 23.2 Å². The third-order valence-electron chi connectivity index (χ3n) is 3.33. The molecule has 3 nitrogen and oxygen atoms in total. The van der Waals surface area contributed by atoms with E-state index in [4.69, 9.17) is 11.6 Å². The minimum Gasteiger partial charge on any atom is -0.325 e. The monoisotopic (exact) mass is 374 g/mol. The van der Waals surface area contributed by atoms with Gasteiger partial charge in [-0.05, 0) is 35.9 Å². The molecule has 0 aromatic heterocycles. The summed E-state index contributed by atoms with van der Waals surface area (Å²) in [5.41, 5.74) is -0.494. The second kappa shape index (κ2) is 8.31. The summed E-state index contributed by atoms with van der Waals surface area (Å²) in [6.45, 7) is 0.681. The van der Waals surface area contributed by atoms with E-state index in [2.05, 4.69) is 10.6 Å². The summed E-state index contributed by atoms with van der Waals surface area (Å²) in [4.78, 5) is 11.8. The van der Waals surface area contributed by atoms with Crippen molar-refractivity contribution in [3.8, 4) is 0 Å². The van der Waals surface area contributed by atoms with Crippen molar-refractivity contribution in [3.63, 3.8) is 0 Å². The fraction of sp³-hybridized carbons (Fsp3) is 0.235. The Labute approximate surface area is 147 Å². The van der Waals surface area contributed by atoms with E-state index in [1.807, 2.05) is 0 Å². The Balaban J connectivity index is 1.85. The summed E-state index contributed by atoms with van der Waals surface area (Å²) < 4.78 is 51.6. The van der Waals surface area contributed by atoms with Crippen molar-refractivity contribution in [2.45, 2.75) is 19.1 Å².